The number of carbonyl (C=O) groups excluding carboxylic acids is 1. The van der Waals surface area contributed by atoms with Crippen molar-refractivity contribution in [1.29, 1.82) is 0 Å². The molecule has 0 saturated carbocycles. The fourth-order valence-corrected chi connectivity index (χ4v) is 4.27. The smallest absolute Gasteiger partial charge is 0.227 e. The molecule has 0 unspecified atom stereocenters. The lowest BCUT2D eigenvalue weighted by atomic mass is 10.00. The Morgan fingerprint density at radius 1 is 1.03 bits per heavy atom. The third-order valence-corrected chi connectivity index (χ3v) is 6.58. The van der Waals surface area contributed by atoms with Gasteiger partial charge in [-0.25, -0.2) is 14.4 Å². The van der Waals surface area contributed by atoms with E-state index in [1.807, 2.05) is 12.1 Å². The molecule has 1 aliphatic rings. The van der Waals surface area contributed by atoms with Gasteiger partial charge < -0.3 is 15.0 Å². The number of rotatable bonds is 10. The Hall–Kier alpha value is -3.36. The molecule has 2 aromatic carbocycles. The molecule has 1 N–H and O–H groups in total. The minimum absolute atomic E-state index is 0.0410. The first-order valence-electron chi connectivity index (χ1n) is 12.4. The minimum Gasteiger partial charge on any atom is -0.494 e. The van der Waals surface area contributed by atoms with Crippen LogP contribution in [0.25, 0.3) is 0 Å². The molecule has 1 fully saturated rings. The van der Waals surface area contributed by atoms with E-state index in [4.69, 9.17) is 4.74 Å². The number of anilines is 2. The molecule has 1 saturated heterocycles. The summed E-state index contributed by atoms with van der Waals surface area (Å²) in [4.78, 5) is 25.8. The summed E-state index contributed by atoms with van der Waals surface area (Å²) in [6.07, 6.45) is 4.80. The second-order valence-electron chi connectivity index (χ2n) is 9.24. The number of hydrogen-bond acceptors (Lipinski definition) is 7. The Bertz CT molecular complexity index is 1160. The van der Waals surface area contributed by atoms with Gasteiger partial charge in [0.15, 0.2) is 17.3 Å². The van der Waals surface area contributed by atoms with Gasteiger partial charge in [0.2, 0.25) is 5.95 Å². The summed E-state index contributed by atoms with van der Waals surface area (Å²) in [5.41, 5.74) is 4.01. The third kappa shape index (κ3) is 6.65. The van der Waals surface area contributed by atoms with Gasteiger partial charge in [0, 0.05) is 62.8 Å². The molecule has 8 heteroatoms. The summed E-state index contributed by atoms with van der Waals surface area (Å²) >= 11 is 0. The number of Topliss-reactive ketones (excluding diaryl/α,β-unsaturated/α-hetero) is 1. The highest BCUT2D eigenvalue weighted by Crippen LogP contribution is 2.25. The first kappa shape index (κ1) is 25.7. The maximum atomic E-state index is 14.7. The highest BCUT2D eigenvalue weighted by atomic mass is 19.1. The third-order valence-electron chi connectivity index (χ3n) is 6.58. The van der Waals surface area contributed by atoms with Gasteiger partial charge >= 0.3 is 0 Å². The molecule has 4 rings (SSSR count). The van der Waals surface area contributed by atoms with Gasteiger partial charge in [-0.3, -0.25) is 9.69 Å². The van der Waals surface area contributed by atoms with Gasteiger partial charge in [-0.15, -0.1) is 0 Å². The summed E-state index contributed by atoms with van der Waals surface area (Å²) in [5, 5.41) is 3.24. The van der Waals surface area contributed by atoms with Gasteiger partial charge in [0.05, 0.1) is 7.11 Å². The van der Waals surface area contributed by atoms with E-state index in [9.17, 15) is 9.18 Å². The number of aryl methyl sites for hydroxylation is 2. The van der Waals surface area contributed by atoms with Crippen LogP contribution in [-0.4, -0.2) is 65.9 Å². The summed E-state index contributed by atoms with van der Waals surface area (Å²) in [5.74, 6) is 0.129. The Labute approximate surface area is 212 Å². The van der Waals surface area contributed by atoms with Gasteiger partial charge in [-0.2, -0.15) is 0 Å². The first-order valence-corrected chi connectivity index (χ1v) is 12.4. The number of halogens is 1. The van der Waals surface area contributed by atoms with Gasteiger partial charge in [-0.05, 0) is 60.8 Å². The number of ether oxygens (including phenoxy) is 1. The van der Waals surface area contributed by atoms with E-state index >= 15 is 0 Å². The van der Waals surface area contributed by atoms with Crippen LogP contribution in [0.3, 0.4) is 0 Å². The van der Waals surface area contributed by atoms with Crippen LogP contribution < -0.4 is 10.1 Å². The van der Waals surface area contributed by atoms with E-state index in [1.165, 1.54) is 18.7 Å². The average molecular weight is 492 g/mol. The van der Waals surface area contributed by atoms with Crippen molar-refractivity contribution in [1.82, 2.24) is 19.8 Å². The molecule has 1 aliphatic heterocycles. The van der Waals surface area contributed by atoms with E-state index in [2.05, 4.69) is 44.3 Å². The number of carbonyl (C=O) groups is 1. The van der Waals surface area contributed by atoms with Crippen molar-refractivity contribution in [3.8, 4) is 5.75 Å². The van der Waals surface area contributed by atoms with Crippen LogP contribution in [-0.2, 0) is 19.4 Å². The van der Waals surface area contributed by atoms with Crippen LogP contribution in [0.15, 0.2) is 48.8 Å². The zero-order valence-electron chi connectivity index (χ0n) is 21.3. The molecule has 0 bridgehead atoms. The van der Waals surface area contributed by atoms with Gasteiger partial charge in [0.1, 0.15) is 0 Å². The van der Waals surface area contributed by atoms with Crippen LogP contribution in [0, 0.1) is 5.82 Å². The number of nitrogens with one attached hydrogen (secondary N) is 1. The van der Waals surface area contributed by atoms with E-state index in [-0.39, 0.29) is 11.5 Å². The second-order valence-corrected chi connectivity index (χ2v) is 9.24. The highest BCUT2D eigenvalue weighted by molar-refractivity contribution is 5.96. The van der Waals surface area contributed by atoms with Crippen molar-refractivity contribution in [3.05, 3.63) is 76.9 Å². The number of aromatic nitrogens is 2. The number of likely N-dealkylation sites (N-methyl/N-ethyl adjacent to an activating group) is 1. The molecule has 2 heterocycles. The van der Waals surface area contributed by atoms with Crippen molar-refractivity contribution in [3.63, 3.8) is 0 Å². The Kier molecular flexibility index (Phi) is 8.61. The monoisotopic (exact) mass is 491 g/mol. The Morgan fingerprint density at radius 2 is 1.72 bits per heavy atom. The maximum absolute atomic E-state index is 14.7. The molecule has 190 valence electrons. The molecule has 0 radical (unpaired) electrons. The van der Waals surface area contributed by atoms with E-state index in [1.54, 1.807) is 25.4 Å². The molecule has 7 nitrogen and oxygen atoms in total. The minimum atomic E-state index is -0.430. The molecule has 0 amide bonds. The van der Waals surface area contributed by atoms with E-state index in [0.717, 1.165) is 44.0 Å². The van der Waals surface area contributed by atoms with Crippen molar-refractivity contribution in [2.45, 2.75) is 32.7 Å². The van der Waals surface area contributed by atoms with Gasteiger partial charge in [-0.1, -0.05) is 19.1 Å². The predicted octanol–water partition coefficient (Wildman–Crippen LogP) is 4.49. The summed E-state index contributed by atoms with van der Waals surface area (Å²) in [6, 6.07) is 11.4. The summed E-state index contributed by atoms with van der Waals surface area (Å²) in [6.45, 7) is 7.16. The molecule has 36 heavy (non-hydrogen) atoms. The number of methoxy groups -OCH3 is 1. The fraction of sp³-hybridized carbons (Fsp3) is 0.393. The van der Waals surface area contributed by atoms with Crippen molar-refractivity contribution >= 4 is 17.4 Å². The van der Waals surface area contributed by atoms with Crippen LogP contribution in [0.2, 0.25) is 0 Å². The largest absolute Gasteiger partial charge is 0.494 e. The van der Waals surface area contributed by atoms with E-state index in [0.29, 0.717) is 36.3 Å². The molecule has 0 aliphatic carbocycles. The Morgan fingerprint density at radius 3 is 2.36 bits per heavy atom. The number of nitrogens with zero attached hydrogens (tertiary/aromatic N) is 4. The molecule has 3 aromatic rings. The predicted molar refractivity (Wildman–Crippen MR) is 140 cm³/mol. The molecule has 1 aromatic heterocycles. The lowest BCUT2D eigenvalue weighted by Gasteiger charge is -2.32. The second kappa shape index (κ2) is 12.1. The normalized spacial score (nSPS) is 14.6. The van der Waals surface area contributed by atoms with Crippen LogP contribution in [0.1, 0.15) is 40.4 Å². The topological polar surface area (TPSA) is 70.6 Å². The number of hydrogen-bond donors (Lipinski definition) is 1. The lowest BCUT2D eigenvalue weighted by molar-refractivity contribution is 0.0987. The fourth-order valence-electron chi connectivity index (χ4n) is 4.27. The standard InChI is InChI=1S/C28H34FN5O2/c1-4-25(35)23-15-22(27(29)26(16-23)36-3)8-5-21-17-30-28(31-18-21)32-24-9-6-20(7-10-24)19-34-13-11-33(2)12-14-34/h6-7,9-10,15-18H,4-5,8,11-14,19H2,1-3H3,(H,30,31,32). The molecular weight excluding hydrogens is 457 g/mol. The zero-order chi connectivity index (χ0) is 25.5. The van der Waals surface area contributed by atoms with Crippen molar-refractivity contribution < 1.29 is 13.9 Å². The maximum Gasteiger partial charge on any atom is 0.227 e. The Balaban J connectivity index is 1.33. The molecular formula is C28H34FN5O2. The lowest BCUT2D eigenvalue weighted by Crippen LogP contribution is -2.43. The number of benzene rings is 2. The SMILES string of the molecule is CCC(=O)c1cc(CCc2cnc(Nc3ccc(CN4CCN(C)CC4)cc3)nc2)c(F)c(OC)c1. The summed E-state index contributed by atoms with van der Waals surface area (Å²) < 4.78 is 19.9. The zero-order valence-corrected chi connectivity index (χ0v) is 21.3. The van der Waals surface area contributed by atoms with Crippen LogP contribution in [0.4, 0.5) is 16.0 Å². The number of piperazine rings is 1. The van der Waals surface area contributed by atoms with Crippen molar-refractivity contribution in [2.24, 2.45) is 0 Å². The highest BCUT2D eigenvalue weighted by Gasteiger charge is 2.16. The number of ketones is 1. The summed E-state index contributed by atoms with van der Waals surface area (Å²) in [7, 11) is 3.57. The van der Waals surface area contributed by atoms with Crippen LogP contribution in [0.5, 0.6) is 5.75 Å². The molecule has 0 spiro atoms. The average Bonchev–Trinajstić information content (AvgIpc) is 2.91. The quantitative estimate of drug-likeness (QED) is 0.419. The molecule has 0 atom stereocenters. The first-order chi connectivity index (χ1) is 17.4. The van der Waals surface area contributed by atoms with Crippen molar-refractivity contribution in [2.75, 3.05) is 45.7 Å². The van der Waals surface area contributed by atoms with Gasteiger partial charge in [0.25, 0.3) is 0 Å². The van der Waals surface area contributed by atoms with Crippen LogP contribution >= 0.6 is 0 Å². The van der Waals surface area contributed by atoms with E-state index < -0.39 is 5.82 Å².